The lowest BCUT2D eigenvalue weighted by Gasteiger charge is -2.29. The number of hydrogen-bond donors (Lipinski definition) is 4. The molecule has 1 aliphatic carbocycles. The fourth-order valence-electron chi connectivity index (χ4n) is 3.75. The van der Waals surface area contributed by atoms with E-state index in [1.54, 1.807) is 18.2 Å². The number of rotatable bonds is 7. The maximum Gasteiger partial charge on any atom is 0.315 e. The minimum absolute atomic E-state index is 0.245. The van der Waals surface area contributed by atoms with Gasteiger partial charge in [0.2, 0.25) is 11.8 Å². The molecule has 0 radical (unpaired) electrons. The number of anilines is 2. The van der Waals surface area contributed by atoms with Crippen LogP contribution in [0.15, 0.2) is 48.5 Å². The topological polar surface area (TPSA) is 109 Å². The fourth-order valence-corrected chi connectivity index (χ4v) is 3.75. The van der Waals surface area contributed by atoms with Gasteiger partial charge in [-0.3, -0.25) is 9.59 Å². The number of amides is 4. The summed E-state index contributed by atoms with van der Waals surface area (Å²) in [5.74, 6) is -0.0354. The van der Waals surface area contributed by atoms with Crippen LogP contribution in [0.5, 0.6) is 5.75 Å². The summed E-state index contributed by atoms with van der Waals surface area (Å²) in [5.41, 5.74) is 0.968. The van der Waals surface area contributed by atoms with Gasteiger partial charge in [0.1, 0.15) is 11.3 Å². The monoisotopic (exact) mass is 424 g/mol. The fraction of sp³-hybridized carbons (Fsp3) is 0.348. The molecule has 3 rings (SSSR count). The maximum atomic E-state index is 13.2. The van der Waals surface area contributed by atoms with Crippen LogP contribution in [-0.4, -0.2) is 30.5 Å². The first-order valence-corrected chi connectivity index (χ1v) is 10.3. The van der Waals surface area contributed by atoms with Crippen molar-refractivity contribution in [2.75, 3.05) is 17.7 Å². The lowest BCUT2D eigenvalue weighted by atomic mass is 9.96. The molecule has 2 aromatic carbocycles. The molecule has 0 atom stereocenters. The molecular weight excluding hydrogens is 396 g/mol. The van der Waals surface area contributed by atoms with Crippen molar-refractivity contribution < 1.29 is 19.1 Å². The number of carbonyl (C=O) groups excluding carboxylic acids is 3. The van der Waals surface area contributed by atoms with Crippen LogP contribution in [0.3, 0.4) is 0 Å². The van der Waals surface area contributed by atoms with E-state index in [-0.39, 0.29) is 17.8 Å². The first-order chi connectivity index (χ1) is 14.9. The van der Waals surface area contributed by atoms with E-state index in [9.17, 15) is 14.4 Å². The zero-order valence-corrected chi connectivity index (χ0v) is 17.8. The van der Waals surface area contributed by atoms with Gasteiger partial charge in [-0.1, -0.05) is 43.2 Å². The van der Waals surface area contributed by atoms with Crippen LogP contribution >= 0.6 is 0 Å². The van der Waals surface area contributed by atoms with Crippen molar-refractivity contribution in [1.29, 1.82) is 0 Å². The van der Waals surface area contributed by atoms with Crippen molar-refractivity contribution in [3.8, 4) is 5.75 Å². The van der Waals surface area contributed by atoms with Gasteiger partial charge in [0.05, 0.1) is 12.8 Å². The summed E-state index contributed by atoms with van der Waals surface area (Å²) in [6.45, 7) is 1.78. The smallest absolute Gasteiger partial charge is 0.315 e. The normalized spacial score (nSPS) is 14.4. The van der Waals surface area contributed by atoms with Gasteiger partial charge in [0.15, 0.2) is 0 Å². The summed E-state index contributed by atoms with van der Waals surface area (Å²) in [7, 11) is 1.50. The third kappa shape index (κ3) is 5.75. The predicted molar refractivity (Wildman–Crippen MR) is 119 cm³/mol. The van der Waals surface area contributed by atoms with E-state index < -0.39 is 5.54 Å². The SMILES string of the molecule is COc1ccc(NC(=O)C2(NC(=O)NCc3ccccc3)CCCC2)cc1NC(C)=O. The summed E-state index contributed by atoms with van der Waals surface area (Å²) < 4.78 is 5.25. The van der Waals surface area contributed by atoms with Crippen molar-refractivity contribution in [2.45, 2.75) is 44.7 Å². The number of nitrogens with one attached hydrogen (secondary N) is 4. The molecule has 1 saturated carbocycles. The largest absolute Gasteiger partial charge is 0.495 e. The molecule has 164 valence electrons. The molecule has 8 heteroatoms. The zero-order chi connectivity index (χ0) is 22.3. The Kier molecular flexibility index (Phi) is 7.12. The number of urea groups is 1. The number of ether oxygens (including phenoxy) is 1. The Balaban J connectivity index is 1.68. The second-order valence-electron chi connectivity index (χ2n) is 7.63. The van der Waals surface area contributed by atoms with Crippen LogP contribution in [0.4, 0.5) is 16.2 Å². The second kappa shape index (κ2) is 9.97. The van der Waals surface area contributed by atoms with Gasteiger partial charge in [-0.2, -0.15) is 0 Å². The van der Waals surface area contributed by atoms with Gasteiger partial charge in [0.25, 0.3) is 0 Å². The van der Waals surface area contributed by atoms with E-state index in [1.807, 2.05) is 30.3 Å². The number of benzene rings is 2. The highest BCUT2D eigenvalue weighted by Gasteiger charge is 2.42. The van der Waals surface area contributed by atoms with Gasteiger partial charge >= 0.3 is 6.03 Å². The van der Waals surface area contributed by atoms with Crippen LogP contribution < -0.4 is 26.0 Å². The average Bonchev–Trinajstić information content (AvgIpc) is 3.22. The molecule has 0 bridgehead atoms. The highest BCUT2D eigenvalue weighted by Crippen LogP contribution is 2.32. The first-order valence-electron chi connectivity index (χ1n) is 10.3. The quantitative estimate of drug-likeness (QED) is 0.546. The average molecular weight is 425 g/mol. The Morgan fingerprint density at radius 3 is 2.35 bits per heavy atom. The van der Waals surface area contributed by atoms with Crippen molar-refractivity contribution in [1.82, 2.24) is 10.6 Å². The number of hydrogen-bond acceptors (Lipinski definition) is 4. The van der Waals surface area contributed by atoms with Gasteiger partial charge in [-0.05, 0) is 36.6 Å². The molecule has 0 saturated heterocycles. The van der Waals surface area contributed by atoms with Crippen LogP contribution in [0.25, 0.3) is 0 Å². The molecule has 0 unspecified atom stereocenters. The van der Waals surface area contributed by atoms with Crippen LogP contribution in [-0.2, 0) is 16.1 Å². The molecule has 0 spiro atoms. The van der Waals surface area contributed by atoms with E-state index in [4.69, 9.17) is 4.74 Å². The van der Waals surface area contributed by atoms with Gasteiger partial charge in [-0.25, -0.2) is 4.79 Å². The Labute approximate surface area is 181 Å². The molecular formula is C23H28N4O4. The first kappa shape index (κ1) is 22.1. The minimum atomic E-state index is -0.977. The zero-order valence-electron chi connectivity index (χ0n) is 17.8. The minimum Gasteiger partial charge on any atom is -0.495 e. The lowest BCUT2D eigenvalue weighted by molar-refractivity contribution is -0.121. The third-order valence-corrected chi connectivity index (χ3v) is 5.31. The standard InChI is InChI=1S/C23H28N4O4/c1-16(28)25-19-14-18(10-11-20(19)31-2)26-21(29)23(12-6-7-13-23)27-22(30)24-15-17-8-4-3-5-9-17/h3-5,8-11,14H,6-7,12-13,15H2,1-2H3,(H,25,28)(H,26,29)(H2,24,27,30). The molecule has 1 fully saturated rings. The van der Waals surface area contributed by atoms with E-state index >= 15 is 0 Å². The summed E-state index contributed by atoms with van der Waals surface area (Å²) in [6.07, 6.45) is 2.83. The molecule has 4 amide bonds. The van der Waals surface area contributed by atoms with Crippen LogP contribution in [0.1, 0.15) is 38.2 Å². The van der Waals surface area contributed by atoms with E-state index in [0.717, 1.165) is 18.4 Å². The summed E-state index contributed by atoms with van der Waals surface area (Å²) >= 11 is 0. The summed E-state index contributed by atoms with van der Waals surface area (Å²) in [5, 5.41) is 11.3. The molecule has 31 heavy (non-hydrogen) atoms. The molecule has 0 aliphatic heterocycles. The number of carbonyl (C=O) groups is 3. The molecule has 0 aromatic heterocycles. The molecule has 4 N–H and O–H groups in total. The Morgan fingerprint density at radius 1 is 1.00 bits per heavy atom. The Hall–Kier alpha value is -3.55. The summed E-state index contributed by atoms with van der Waals surface area (Å²) in [4.78, 5) is 37.1. The van der Waals surface area contributed by atoms with Gasteiger partial charge < -0.3 is 26.0 Å². The van der Waals surface area contributed by atoms with Crippen LogP contribution in [0, 0.1) is 0 Å². The van der Waals surface area contributed by atoms with E-state index in [1.165, 1.54) is 14.0 Å². The second-order valence-corrected chi connectivity index (χ2v) is 7.63. The molecule has 0 heterocycles. The predicted octanol–water partition coefficient (Wildman–Crippen LogP) is 3.40. The Morgan fingerprint density at radius 2 is 1.71 bits per heavy atom. The van der Waals surface area contributed by atoms with Crippen molar-refractivity contribution in [3.63, 3.8) is 0 Å². The van der Waals surface area contributed by atoms with Gasteiger partial charge in [-0.15, -0.1) is 0 Å². The highest BCUT2D eigenvalue weighted by atomic mass is 16.5. The summed E-state index contributed by atoms with van der Waals surface area (Å²) in [6, 6.07) is 14.2. The highest BCUT2D eigenvalue weighted by molar-refractivity contribution is 6.01. The molecule has 8 nitrogen and oxygen atoms in total. The van der Waals surface area contributed by atoms with Gasteiger partial charge in [0, 0.05) is 19.2 Å². The Bertz CT molecular complexity index is 940. The van der Waals surface area contributed by atoms with E-state index in [0.29, 0.717) is 36.5 Å². The third-order valence-electron chi connectivity index (χ3n) is 5.31. The van der Waals surface area contributed by atoms with Crippen molar-refractivity contribution >= 4 is 29.2 Å². The van der Waals surface area contributed by atoms with Crippen LogP contribution in [0.2, 0.25) is 0 Å². The number of methoxy groups -OCH3 is 1. The molecule has 1 aliphatic rings. The molecule has 2 aromatic rings. The lowest BCUT2D eigenvalue weighted by Crippen LogP contribution is -2.57. The van der Waals surface area contributed by atoms with Crippen molar-refractivity contribution in [2.24, 2.45) is 0 Å². The van der Waals surface area contributed by atoms with Crippen molar-refractivity contribution in [3.05, 3.63) is 54.1 Å². The van der Waals surface area contributed by atoms with E-state index in [2.05, 4.69) is 21.3 Å². The maximum absolute atomic E-state index is 13.2.